The van der Waals surface area contributed by atoms with Gasteiger partial charge in [-0.2, -0.15) is 0 Å². The van der Waals surface area contributed by atoms with Crippen molar-refractivity contribution < 1.29 is 4.74 Å². The molecule has 2 unspecified atom stereocenters. The van der Waals surface area contributed by atoms with Crippen molar-refractivity contribution in [2.24, 2.45) is 0 Å². The van der Waals surface area contributed by atoms with Gasteiger partial charge in [-0.3, -0.25) is 9.88 Å². The summed E-state index contributed by atoms with van der Waals surface area (Å²) in [7, 11) is 1.72. The highest BCUT2D eigenvalue weighted by atomic mass is 16.5. The maximum atomic E-state index is 5.31. The van der Waals surface area contributed by atoms with Crippen molar-refractivity contribution in [1.29, 1.82) is 0 Å². The lowest BCUT2D eigenvalue weighted by atomic mass is 10.0. The molecule has 0 aliphatic carbocycles. The fourth-order valence-electron chi connectivity index (χ4n) is 4.85. The lowest BCUT2D eigenvalue weighted by molar-refractivity contribution is 0.160. The van der Waals surface area contributed by atoms with Gasteiger partial charge >= 0.3 is 0 Å². The lowest BCUT2D eigenvalue weighted by Crippen LogP contribution is -2.53. The number of fused-ring (bicyclic) bond motifs is 2. The topological polar surface area (TPSA) is 28.6 Å². The molecule has 3 heterocycles. The fraction of sp³-hybridized carbons (Fsp3) is 0.320. The SMILES string of the molecule is COc1ccc(N2CC3CCC(C2)N3Cc2cccc(-c3cccnc3)c2)cc1. The smallest absolute Gasteiger partial charge is 0.119 e. The van der Waals surface area contributed by atoms with Crippen molar-refractivity contribution in [1.82, 2.24) is 9.88 Å². The highest BCUT2D eigenvalue weighted by Gasteiger charge is 2.39. The number of nitrogens with zero attached hydrogens (tertiary/aromatic N) is 3. The van der Waals surface area contributed by atoms with Gasteiger partial charge < -0.3 is 9.64 Å². The van der Waals surface area contributed by atoms with Gasteiger partial charge in [0.25, 0.3) is 0 Å². The zero-order valence-electron chi connectivity index (χ0n) is 16.9. The van der Waals surface area contributed by atoms with Crippen LogP contribution in [0.15, 0.2) is 73.1 Å². The van der Waals surface area contributed by atoms with Crippen molar-refractivity contribution in [3.05, 3.63) is 78.6 Å². The third-order valence-electron chi connectivity index (χ3n) is 6.36. The number of anilines is 1. The molecule has 0 saturated carbocycles. The maximum absolute atomic E-state index is 5.31. The lowest BCUT2D eigenvalue weighted by Gasteiger charge is -2.42. The van der Waals surface area contributed by atoms with E-state index in [1.165, 1.54) is 35.2 Å². The molecule has 1 aromatic heterocycles. The average molecular weight is 386 g/mol. The van der Waals surface area contributed by atoms with E-state index in [1.54, 1.807) is 7.11 Å². The van der Waals surface area contributed by atoms with Gasteiger partial charge in [0.05, 0.1) is 7.11 Å². The van der Waals surface area contributed by atoms with Gasteiger partial charge in [-0.25, -0.2) is 0 Å². The van der Waals surface area contributed by atoms with E-state index < -0.39 is 0 Å². The minimum absolute atomic E-state index is 0.623. The number of hydrogen-bond acceptors (Lipinski definition) is 4. The molecular weight excluding hydrogens is 358 g/mol. The summed E-state index contributed by atoms with van der Waals surface area (Å²) in [6.45, 7) is 3.23. The van der Waals surface area contributed by atoms with Crippen LogP contribution in [-0.2, 0) is 6.54 Å². The molecule has 0 radical (unpaired) electrons. The summed E-state index contributed by atoms with van der Waals surface area (Å²) in [5.74, 6) is 0.920. The van der Waals surface area contributed by atoms with Gasteiger partial charge in [-0.1, -0.05) is 24.3 Å². The number of aromatic nitrogens is 1. The van der Waals surface area contributed by atoms with Gasteiger partial charge in [0, 0.05) is 49.8 Å². The molecular formula is C25H27N3O. The van der Waals surface area contributed by atoms with E-state index in [1.807, 2.05) is 18.5 Å². The van der Waals surface area contributed by atoms with Crippen LogP contribution in [0.5, 0.6) is 5.75 Å². The summed E-state index contributed by atoms with van der Waals surface area (Å²) in [6.07, 6.45) is 6.35. The molecule has 2 aliphatic rings. The van der Waals surface area contributed by atoms with Gasteiger partial charge in [0.2, 0.25) is 0 Å². The molecule has 2 saturated heterocycles. The largest absolute Gasteiger partial charge is 0.497 e. The standard InChI is InChI=1S/C25H27N3O/c1-29-25-11-9-22(10-12-25)27-17-23-7-8-24(18-27)28(23)16-19-4-2-5-20(14-19)21-6-3-13-26-15-21/h2-6,9-15,23-24H,7-8,16-18H2,1H3. The van der Waals surface area contributed by atoms with Crippen LogP contribution in [0.1, 0.15) is 18.4 Å². The Hall–Kier alpha value is -2.85. The van der Waals surface area contributed by atoms with Crippen molar-refractivity contribution in [3.8, 4) is 16.9 Å². The number of hydrogen-bond donors (Lipinski definition) is 0. The van der Waals surface area contributed by atoms with Gasteiger partial charge in [-0.15, -0.1) is 0 Å². The van der Waals surface area contributed by atoms with Crippen LogP contribution in [0.3, 0.4) is 0 Å². The Morgan fingerprint density at radius 1 is 0.931 bits per heavy atom. The molecule has 0 N–H and O–H groups in total. The van der Waals surface area contributed by atoms with E-state index in [-0.39, 0.29) is 0 Å². The molecule has 148 valence electrons. The number of rotatable bonds is 5. The first-order chi connectivity index (χ1) is 14.3. The van der Waals surface area contributed by atoms with Crippen LogP contribution in [0, 0.1) is 0 Å². The summed E-state index contributed by atoms with van der Waals surface area (Å²) in [4.78, 5) is 9.54. The van der Waals surface area contributed by atoms with Crippen LogP contribution in [0.4, 0.5) is 5.69 Å². The molecule has 0 spiro atoms. The highest BCUT2D eigenvalue weighted by Crippen LogP contribution is 2.34. The Bertz CT molecular complexity index is 943. The van der Waals surface area contributed by atoms with Crippen LogP contribution >= 0.6 is 0 Å². The monoisotopic (exact) mass is 385 g/mol. The quantitative estimate of drug-likeness (QED) is 0.641. The molecule has 3 aromatic rings. The highest BCUT2D eigenvalue weighted by molar-refractivity contribution is 5.63. The van der Waals surface area contributed by atoms with Gasteiger partial charge in [0.15, 0.2) is 0 Å². The number of ether oxygens (including phenoxy) is 1. The Morgan fingerprint density at radius 2 is 1.69 bits per heavy atom. The number of piperazine rings is 1. The summed E-state index contributed by atoms with van der Waals surface area (Å²) in [6, 6.07) is 22.8. The third-order valence-corrected chi connectivity index (χ3v) is 6.36. The summed E-state index contributed by atoms with van der Waals surface area (Å²) in [5, 5.41) is 0. The van der Waals surface area contributed by atoms with E-state index in [2.05, 4.69) is 69.4 Å². The summed E-state index contributed by atoms with van der Waals surface area (Å²) < 4.78 is 5.31. The van der Waals surface area contributed by atoms with Gasteiger partial charge in [0.1, 0.15) is 5.75 Å². The first kappa shape index (κ1) is 18.2. The Labute approximate surface area is 172 Å². The minimum Gasteiger partial charge on any atom is -0.497 e. The normalized spacial score (nSPS) is 21.3. The predicted molar refractivity (Wildman–Crippen MR) is 117 cm³/mol. The molecule has 2 atom stereocenters. The second-order valence-corrected chi connectivity index (χ2v) is 8.10. The fourth-order valence-corrected chi connectivity index (χ4v) is 4.85. The molecule has 2 fully saturated rings. The number of benzene rings is 2. The van der Waals surface area contributed by atoms with Crippen molar-refractivity contribution in [3.63, 3.8) is 0 Å². The Morgan fingerprint density at radius 3 is 2.38 bits per heavy atom. The summed E-state index contributed by atoms with van der Waals surface area (Å²) >= 11 is 0. The molecule has 2 bridgehead atoms. The molecule has 29 heavy (non-hydrogen) atoms. The van der Waals surface area contributed by atoms with Crippen molar-refractivity contribution in [2.75, 3.05) is 25.1 Å². The predicted octanol–water partition coefficient (Wildman–Crippen LogP) is 4.61. The average Bonchev–Trinajstić information content (AvgIpc) is 3.01. The first-order valence-electron chi connectivity index (χ1n) is 10.4. The molecule has 0 amide bonds. The van der Waals surface area contributed by atoms with E-state index in [0.717, 1.165) is 25.4 Å². The maximum Gasteiger partial charge on any atom is 0.119 e. The molecule has 5 rings (SSSR count). The van der Waals surface area contributed by atoms with Crippen molar-refractivity contribution in [2.45, 2.75) is 31.5 Å². The zero-order valence-corrected chi connectivity index (χ0v) is 16.9. The van der Waals surface area contributed by atoms with Crippen LogP contribution < -0.4 is 9.64 Å². The molecule has 2 aromatic carbocycles. The Kier molecular flexibility index (Phi) is 4.94. The first-order valence-corrected chi connectivity index (χ1v) is 10.4. The molecule has 2 aliphatic heterocycles. The molecule has 4 nitrogen and oxygen atoms in total. The second kappa shape index (κ2) is 7.88. The minimum atomic E-state index is 0.623. The van der Waals surface area contributed by atoms with E-state index in [9.17, 15) is 0 Å². The third kappa shape index (κ3) is 3.73. The van der Waals surface area contributed by atoms with Gasteiger partial charge in [-0.05, 0) is 65.9 Å². The zero-order chi connectivity index (χ0) is 19.6. The van der Waals surface area contributed by atoms with E-state index >= 15 is 0 Å². The van der Waals surface area contributed by atoms with E-state index in [0.29, 0.717) is 12.1 Å². The van der Waals surface area contributed by atoms with Crippen LogP contribution in [-0.4, -0.2) is 42.2 Å². The van der Waals surface area contributed by atoms with Crippen LogP contribution in [0.25, 0.3) is 11.1 Å². The second-order valence-electron chi connectivity index (χ2n) is 8.10. The van der Waals surface area contributed by atoms with Crippen LogP contribution in [0.2, 0.25) is 0 Å². The number of pyridine rings is 1. The van der Waals surface area contributed by atoms with E-state index in [4.69, 9.17) is 4.74 Å². The summed E-state index contributed by atoms with van der Waals surface area (Å²) in [5.41, 5.74) is 5.13. The number of methoxy groups -OCH3 is 1. The molecule has 4 heteroatoms. The van der Waals surface area contributed by atoms with Crippen molar-refractivity contribution >= 4 is 5.69 Å². The Balaban J connectivity index is 1.30.